The van der Waals surface area contributed by atoms with Crippen molar-refractivity contribution in [3.8, 4) is 0 Å². The Hall–Kier alpha value is -3.39. The molecule has 0 unspecified atom stereocenters. The number of imide groups is 1. The SMILES string of the molecule is CC(=O)Nc1ccc(NC(=O)CN2C(=O)[C@H](C)N(c3ccc(Cl)cc3)C2=O)cc1. The number of anilines is 3. The van der Waals surface area contributed by atoms with Crippen molar-refractivity contribution in [2.24, 2.45) is 0 Å². The number of nitrogens with one attached hydrogen (secondary N) is 2. The molecular formula is C20H19ClN4O4. The predicted molar refractivity (Wildman–Crippen MR) is 110 cm³/mol. The normalized spacial score (nSPS) is 16.2. The van der Waals surface area contributed by atoms with Crippen LogP contribution in [-0.4, -0.2) is 41.2 Å². The minimum Gasteiger partial charge on any atom is -0.326 e. The van der Waals surface area contributed by atoms with Crippen LogP contribution in [0.2, 0.25) is 5.02 Å². The summed E-state index contributed by atoms with van der Waals surface area (Å²) in [6, 6.07) is 11.7. The second-order valence-corrected chi connectivity index (χ2v) is 6.97. The number of carbonyl (C=O) groups is 4. The number of benzene rings is 2. The zero-order valence-electron chi connectivity index (χ0n) is 15.8. The standard InChI is InChI=1S/C20H19ClN4O4/c1-12-19(28)24(20(29)25(12)17-9-3-14(21)4-10-17)11-18(27)23-16-7-5-15(6-8-16)22-13(2)26/h3-10,12H,11H2,1-2H3,(H,22,26)(H,23,27)/t12-/m0/s1. The molecule has 8 nitrogen and oxygen atoms in total. The molecule has 3 rings (SSSR count). The molecule has 29 heavy (non-hydrogen) atoms. The van der Waals surface area contributed by atoms with E-state index < -0.39 is 30.4 Å². The number of amides is 5. The van der Waals surface area contributed by atoms with Crippen molar-refractivity contribution >= 4 is 52.4 Å². The van der Waals surface area contributed by atoms with Gasteiger partial charge in [0.05, 0.1) is 0 Å². The molecular weight excluding hydrogens is 396 g/mol. The van der Waals surface area contributed by atoms with E-state index in [4.69, 9.17) is 11.6 Å². The molecule has 1 fully saturated rings. The van der Waals surface area contributed by atoms with E-state index in [1.54, 1.807) is 55.5 Å². The molecule has 150 valence electrons. The Morgan fingerprint density at radius 3 is 2.07 bits per heavy atom. The quantitative estimate of drug-likeness (QED) is 0.734. The van der Waals surface area contributed by atoms with E-state index in [2.05, 4.69) is 10.6 Å². The van der Waals surface area contributed by atoms with Crippen LogP contribution in [0.3, 0.4) is 0 Å². The van der Waals surface area contributed by atoms with Crippen LogP contribution in [0.15, 0.2) is 48.5 Å². The summed E-state index contributed by atoms with van der Waals surface area (Å²) >= 11 is 5.87. The Kier molecular flexibility index (Phi) is 5.84. The minimum absolute atomic E-state index is 0.202. The lowest BCUT2D eigenvalue weighted by molar-refractivity contribution is -0.130. The van der Waals surface area contributed by atoms with Crippen molar-refractivity contribution in [2.45, 2.75) is 19.9 Å². The molecule has 9 heteroatoms. The van der Waals surface area contributed by atoms with Crippen LogP contribution in [0.4, 0.5) is 21.9 Å². The van der Waals surface area contributed by atoms with Crippen LogP contribution in [0.25, 0.3) is 0 Å². The number of carbonyl (C=O) groups excluding carboxylic acids is 4. The monoisotopic (exact) mass is 414 g/mol. The lowest BCUT2D eigenvalue weighted by Gasteiger charge is -2.19. The summed E-state index contributed by atoms with van der Waals surface area (Å²) in [5.74, 6) is -1.17. The summed E-state index contributed by atoms with van der Waals surface area (Å²) in [5.41, 5.74) is 1.59. The molecule has 1 heterocycles. The Labute approximate surface area is 172 Å². The molecule has 0 saturated carbocycles. The van der Waals surface area contributed by atoms with Gasteiger partial charge in [-0.25, -0.2) is 4.79 Å². The van der Waals surface area contributed by atoms with E-state index in [0.29, 0.717) is 22.1 Å². The largest absolute Gasteiger partial charge is 0.332 e. The number of hydrogen-bond donors (Lipinski definition) is 2. The van der Waals surface area contributed by atoms with Crippen LogP contribution < -0.4 is 15.5 Å². The third kappa shape index (κ3) is 4.55. The Morgan fingerprint density at radius 2 is 1.52 bits per heavy atom. The minimum atomic E-state index is -0.728. The number of halogens is 1. The van der Waals surface area contributed by atoms with Crippen molar-refractivity contribution < 1.29 is 19.2 Å². The van der Waals surface area contributed by atoms with Crippen molar-refractivity contribution in [1.29, 1.82) is 0 Å². The molecule has 0 radical (unpaired) electrons. The Balaban J connectivity index is 1.66. The fourth-order valence-corrected chi connectivity index (χ4v) is 3.12. The second kappa shape index (κ2) is 8.32. The molecule has 1 atom stereocenters. The van der Waals surface area contributed by atoms with Gasteiger partial charge in [0.25, 0.3) is 5.91 Å². The van der Waals surface area contributed by atoms with Gasteiger partial charge in [-0.15, -0.1) is 0 Å². The van der Waals surface area contributed by atoms with Gasteiger partial charge in [0.2, 0.25) is 11.8 Å². The van der Waals surface area contributed by atoms with Gasteiger partial charge < -0.3 is 10.6 Å². The van der Waals surface area contributed by atoms with Gasteiger partial charge in [0.1, 0.15) is 12.6 Å². The summed E-state index contributed by atoms with van der Waals surface area (Å²) in [4.78, 5) is 50.9. The molecule has 1 saturated heterocycles. The lowest BCUT2D eigenvalue weighted by Crippen LogP contribution is -2.39. The van der Waals surface area contributed by atoms with Gasteiger partial charge in [-0.05, 0) is 55.5 Å². The number of hydrogen-bond acceptors (Lipinski definition) is 4. The Bertz CT molecular complexity index is 959. The van der Waals surface area contributed by atoms with Gasteiger partial charge >= 0.3 is 6.03 Å². The van der Waals surface area contributed by atoms with Crippen LogP contribution in [0, 0.1) is 0 Å². The summed E-state index contributed by atoms with van der Waals surface area (Å²) < 4.78 is 0. The van der Waals surface area contributed by atoms with Crippen LogP contribution in [0.1, 0.15) is 13.8 Å². The van der Waals surface area contributed by atoms with Gasteiger partial charge in [0.15, 0.2) is 0 Å². The molecule has 2 aromatic rings. The lowest BCUT2D eigenvalue weighted by atomic mass is 10.2. The first-order chi connectivity index (χ1) is 13.8. The summed E-state index contributed by atoms with van der Waals surface area (Å²) in [5, 5.41) is 5.77. The molecule has 0 bridgehead atoms. The van der Waals surface area contributed by atoms with Gasteiger partial charge in [0, 0.05) is 29.0 Å². The molecule has 1 aliphatic heterocycles. The van der Waals surface area contributed by atoms with Gasteiger partial charge in [-0.1, -0.05) is 11.6 Å². The average molecular weight is 415 g/mol. The number of nitrogens with zero attached hydrogens (tertiary/aromatic N) is 2. The average Bonchev–Trinajstić information content (AvgIpc) is 2.87. The summed E-state index contributed by atoms with van der Waals surface area (Å²) in [7, 11) is 0. The number of urea groups is 1. The van der Waals surface area contributed by atoms with Crippen molar-refractivity contribution in [3.05, 3.63) is 53.6 Å². The smallest absolute Gasteiger partial charge is 0.326 e. The third-order valence-electron chi connectivity index (χ3n) is 4.34. The van der Waals surface area contributed by atoms with Gasteiger partial charge in [-0.3, -0.25) is 24.2 Å². The fraction of sp³-hybridized carbons (Fsp3) is 0.200. The van der Waals surface area contributed by atoms with E-state index in [-0.39, 0.29) is 5.91 Å². The third-order valence-corrected chi connectivity index (χ3v) is 4.60. The van der Waals surface area contributed by atoms with E-state index in [1.807, 2.05) is 0 Å². The predicted octanol–water partition coefficient (Wildman–Crippen LogP) is 3.09. The fourth-order valence-electron chi connectivity index (χ4n) is 2.99. The zero-order valence-corrected chi connectivity index (χ0v) is 16.6. The molecule has 0 aliphatic carbocycles. The van der Waals surface area contributed by atoms with E-state index in [9.17, 15) is 19.2 Å². The molecule has 0 aromatic heterocycles. The highest BCUT2D eigenvalue weighted by Gasteiger charge is 2.44. The van der Waals surface area contributed by atoms with E-state index in [1.165, 1.54) is 11.8 Å². The first-order valence-corrected chi connectivity index (χ1v) is 9.21. The highest BCUT2D eigenvalue weighted by Crippen LogP contribution is 2.27. The summed E-state index contributed by atoms with van der Waals surface area (Å²) in [6.07, 6.45) is 0. The van der Waals surface area contributed by atoms with Gasteiger partial charge in [-0.2, -0.15) is 0 Å². The molecule has 0 spiro atoms. The van der Waals surface area contributed by atoms with Crippen molar-refractivity contribution in [1.82, 2.24) is 4.90 Å². The highest BCUT2D eigenvalue weighted by atomic mass is 35.5. The highest BCUT2D eigenvalue weighted by molar-refractivity contribution is 6.30. The van der Waals surface area contributed by atoms with Crippen molar-refractivity contribution in [2.75, 3.05) is 22.1 Å². The van der Waals surface area contributed by atoms with Crippen LogP contribution in [0.5, 0.6) is 0 Å². The van der Waals surface area contributed by atoms with E-state index >= 15 is 0 Å². The topological polar surface area (TPSA) is 98.8 Å². The Morgan fingerprint density at radius 1 is 0.966 bits per heavy atom. The maximum Gasteiger partial charge on any atom is 0.332 e. The maximum atomic E-state index is 12.7. The van der Waals surface area contributed by atoms with Crippen LogP contribution >= 0.6 is 11.6 Å². The molecule has 1 aliphatic rings. The van der Waals surface area contributed by atoms with Crippen LogP contribution in [-0.2, 0) is 14.4 Å². The first kappa shape index (κ1) is 20.3. The molecule has 2 aromatic carbocycles. The first-order valence-electron chi connectivity index (χ1n) is 8.84. The second-order valence-electron chi connectivity index (χ2n) is 6.54. The summed E-state index contributed by atoms with van der Waals surface area (Å²) in [6.45, 7) is 2.60. The number of rotatable bonds is 5. The molecule has 2 N–H and O–H groups in total. The maximum absolute atomic E-state index is 12.7. The van der Waals surface area contributed by atoms with Crippen molar-refractivity contribution in [3.63, 3.8) is 0 Å². The van der Waals surface area contributed by atoms with E-state index in [0.717, 1.165) is 4.90 Å². The molecule has 5 amide bonds. The zero-order chi connectivity index (χ0) is 21.1.